The van der Waals surface area contributed by atoms with E-state index < -0.39 is 10.0 Å². The van der Waals surface area contributed by atoms with Crippen molar-refractivity contribution in [2.45, 2.75) is 42.7 Å². The van der Waals surface area contributed by atoms with Gasteiger partial charge in [0.2, 0.25) is 11.7 Å². The molecule has 0 amide bonds. The van der Waals surface area contributed by atoms with Gasteiger partial charge in [0.15, 0.2) is 0 Å². The molecular formula is C17H18N4O3S2. The van der Waals surface area contributed by atoms with Crippen LogP contribution in [0.2, 0.25) is 0 Å². The molecule has 0 saturated heterocycles. The van der Waals surface area contributed by atoms with Gasteiger partial charge in [-0.05, 0) is 38.0 Å². The second kappa shape index (κ2) is 6.81. The van der Waals surface area contributed by atoms with Crippen molar-refractivity contribution in [3.05, 3.63) is 41.2 Å². The lowest BCUT2D eigenvalue weighted by Gasteiger charge is -2.05. The molecule has 1 N–H and O–H groups in total. The minimum atomic E-state index is -3.71. The van der Waals surface area contributed by atoms with E-state index in [2.05, 4.69) is 19.8 Å². The lowest BCUT2D eigenvalue weighted by Crippen LogP contribution is -2.12. The van der Waals surface area contributed by atoms with E-state index in [1.165, 1.54) is 12.8 Å². The predicted octanol–water partition coefficient (Wildman–Crippen LogP) is 3.96. The number of aromatic nitrogens is 3. The van der Waals surface area contributed by atoms with Gasteiger partial charge in [-0.25, -0.2) is 13.4 Å². The Morgan fingerprint density at radius 1 is 1.23 bits per heavy atom. The largest absolute Gasteiger partial charge is 0.339 e. The van der Waals surface area contributed by atoms with Crippen LogP contribution in [-0.2, 0) is 10.0 Å². The third-order valence-electron chi connectivity index (χ3n) is 4.37. The van der Waals surface area contributed by atoms with Crippen molar-refractivity contribution in [1.82, 2.24) is 15.1 Å². The highest BCUT2D eigenvalue weighted by molar-refractivity contribution is 7.94. The molecule has 4 rings (SSSR count). The standard InChI is InChI=1S/C17H18N4O3S2/c1-11-5-4-8-14(18-11)21-26(22,23)15-9-13(10-25-15)16-19-17(24-20-16)12-6-2-3-7-12/h4-5,8-10,12H,2-3,6-7H2,1H3,(H,18,21). The summed E-state index contributed by atoms with van der Waals surface area (Å²) in [5.41, 5.74) is 1.38. The van der Waals surface area contributed by atoms with Gasteiger partial charge in [0, 0.05) is 22.6 Å². The van der Waals surface area contributed by atoms with Gasteiger partial charge in [-0.1, -0.05) is 24.1 Å². The number of sulfonamides is 1. The molecule has 0 spiro atoms. The van der Waals surface area contributed by atoms with Crippen molar-refractivity contribution in [3.8, 4) is 11.4 Å². The zero-order valence-corrected chi connectivity index (χ0v) is 15.8. The first-order valence-electron chi connectivity index (χ1n) is 8.40. The fraction of sp³-hybridized carbons (Fsp3) is 0.353. The molecule has 0 atom stereocenters. The Hall–Kier alpha value is -2.26. The van der Waals surface area contributed by atoms with Crippen LogP contribution in [0.4, 0.5) is 5.82 Å². The predicted molar refractivity (Wildman–Crippen MR) is 98.6 cm³/mol. The van der Waals surface area contributed by atoms with E-state index in [-0.39, 0.29) is 4.21 Å². The number of anilines is 1. The molecule has 26 heavy (non-hydrogen) atoms. The normalized spacial score (nSPS) is 15.4. The summed E-state index contributed by atoms with van der Waals surface area (Å²) in [5.74, 6) is 1.70. The fourth-order valence-electron chi connectivity index (χ4n) is 3.05. The lowest BCUT2D eigenvalue weighted by molar-refractivity contribution is 0.354. The van der Waals surface area contributed by atoms with E-state index in [1.807, 2.05) is 0 Å². The second-order valence-electron chi connectivity index (χ2n) is 6.36. The number of nitrogens with zero attached hydrogens (tertiary/aromatic N) is 3. The van der Waals surface area contributed by atoms with Crippen LogP contribution >= 0.6 is 11.3 Å². The van der Waals surface area contributed by atoms with Crippen molar-refractivity contribution in [1.29, 1.82) is 0 Å². The number of rotatable bonds is 5. The lowest BCUT2D eigenvalue weighted by atomic mass is 10.1. The highest BCUT2D eigenvalue weighted by Crippen LogP contribution is 2.35. The van der Waals surface area contributed by atoms with Crippen LogP contribution < -0.4 is 4.72 Å². The molecule has 0 aromatic carbocycles. The van der Waals surface area contributed by atoms with Crippen molar-refractivity contribution in [2.24, 2.45) is 0 Å². The van der Waals surface area contributed by atoms with Crippen LogP contribution in [0.1, 0.15) is 43.2 Å². The van der Waals surface area contributed by atoms with Gasteiger partial charge in [-0.2, -0.15) is 4.98 Å². The molecule has 0 radical (unpaired) electrons. The number of hydrogen-bond donors (Lipinski definition) is 1. The van der Waals surface area contributed by atoms with Crippen LogP contribution in [0.25, 0.3) is 11.4 Å². The summed E-state index contributed by atoms with van der Waals surface area (Å²) in [5, 5.41) is 5.74. The molecule has 1 saturated carbocycles. The van der Waals surface area contributed by atoms with Crippen LogP contribution in [0, 0.1) is 6.92 Å². The summed E-state index contributed by atoms with van der Waals surface area (Å²) < 4.78 is 33.2. The monoisotopic (exact) mass is 390 g/mol. The van der Waals surface area contributed by atoms with E-state index in [4.69, 9.17) is 4.52 Å². The topological polar surface area (TPSA) is 98.0 Å². The first-order chi connectivity index (χ1) is 12.5. The van der Waals surface area contributed by atoms with Gasteiger partial charge < -0.3 is 4.52 Å². The molecule has 0 unspecified atom stereocenters. The highest BCUT2D eigenvalue weighted by atomic mass is 32.2. The number of hydrogen-bond acceptors (Lipinski definition) is 7. The minimum Gasteiger partial charge on any atom is -0.339 e. The summed E-state index contributed by atoms with van der Waals surface area (Å²) in [6, 6.07) is 6.74. The van der Waals surface area contributed by atoms with Gasteiger partial charge >= 0.3 is 0 Å². The maximum absolute atomic E-state index is 12.6. The Balaban J connectivity index is 1.55. The van der Waals surface area contributed by atoms with Crippen LogP contribution in [0.5, 0.6) is 0 Å². The summed E-state index contributed by atoms with van der Waals surface area (Å²) in [6.07, 6.45) is 4.50. The first-order valence-corrected chi connectivity index (χ1v) is 10.8. The van der Waals surface area contributed by atoms with Gasteiger partial charge in [0.1, 0.15) is 10.0 Å². The van der Waals surface area contributed by atoms with Crippen LogP contribution in [0.3, 0.4) is 0 Å². The van der Waals surface area contributed by atoms with Crippen molar-refractivity contribution < 1.29 is 12.9 Å². The highest BCUT2D eigenvalue weighted by Gasteiger charge is 2.24. The molecule has 3 aromatic heterocycles. The molecule has 3 heterocycles. The quantitative estimate of drug-likeness (QED) is 0.708. The Morgan fingerprint density at radius 2 is 2.04 bits per heavy atom. The SMILES string of the molecule is Cc1cccc(NS(=O)(=O)c2cc(-c3noc(C4CCCC4)n3)cs2)n1. The Labute approximate surface area is 155 Å². The van der Waals surface area contributed by atoms with Crippen LogP contribution in [-0.4, -0.2) is 23.5 Å². The number of nitrogens with one attached hydrogen (secondary N) is 1. The number of pyridine rings is 1. The van der Waals surface area contributed by atoms with E-state index in [0.29, 0.717) is 29.0 Å². The van der Waals surface area contributed by atoms with Crippen molar-refractivity contribution in [3.63, 3.8) is 0 Å². The molecule has 0 aliphatic heterocycles. The van der Waals surface area contributed by atoms with E-state index >= 15 is 0 Å². The molecular weight excluding hydrogens is 372 g/mol. The Kier molecular flexibility index (Phi) is 4.49. The van der Waals surface area contributed by atoms with Gasteiger partial charge in [0.05, 0.1) is 0 Å². The maximum atomic E-state index is 12.6. The van der Waals surface area contributed by atoms with Gasteiger partial charge in [-0.3, -0.25) is 4.72 Å². The molecule has 3 aromatic rings. The zero-order chi connectivity index (χ0) is 18.1. The van der Waals surface area contributed by atoms with Gasteiger partial charge in [0.25, 0.3) is 10.0 Å². The molecule has 0 bridgehead atoms. The van der Waals surface area contributed by atoms with Crippen molar-refractivity contribution in [2.75, 3.05) is 4.72 Å². The molecule has 1 fully saturated rings. The van der Waals surface area contributed by atoms with Crippen LogP contribution in [0.15, 0.2) is 38.4 Å². The smallest absolute Gasteiger partial charge is 0.272 e. The van der Waals surface area contributed by atoms with E-state index in [0.717, 1.165) is 29.9 Å². The minimum absolute atomic E-state index is 0.183. The summed E-state index contributed by atoms with van der Waals surface area (Å²) in [6.45, 7) is 1.80. The number of aryl methyl sites for hydroxylation is 1. The third-order valence-corrected chi connectivity index (χ3v) is 7.17. The zero-order valence-electron chi connectivity index (χ0n) is 14.2. The average Bonchev–Trinajstić information content (AvgIpc) is 3.34. The Bertz CT molecular complexity index is 1020. The summed E-state index contributed by atoms with van der Waals surface area (Å²) >= 11 is 1.12. The summed E-state index contributed by atoms with van der Waals surface area (Å²) in [4.78, 5) is 8.63. The molecule has 1 aliphatic carbocycles. The molecule has 7 nitrogen and oxygen atoms in total. The fourth-order valence-corrected chi connectivity index (χ4v) is 5.21. The molecule has 136 valence electrons. The van der Waals surface area contributed by atoms with E-state index in [9.17, 15) is 8.42 Å². The third kappa shape index (κ3) is 3.49. The van der Waals surface area contributed by atoms with Gasteiger partial charge in [-0.15, -0.1) is 11.3 Å². The van der Waals surface area contributed by atoms with E-state index in [1.54, 1.807) is 36.6 Å². The second-order valence-corrected chi connectivity index (χ2v) is 9.18. The first kappa shape index (κ1) is 17.2. The molecule has 9 heteroatoms. The maximum Gasteiger partial charge on any atom is 0.272 e. The average molecular weight is 390 g/mol. The van der Waals surface area contributed by atoms with Crippen molar-refractivity contribution >= 4 is 27.2 Å². The summed E-state index contributed by atoms with van der Waals surface area (Å²) in [7, 11) is -3.71. The Morgan fingerprint density at radius 3 is 2.81 bits per heavy atom. The molecule has 1 aliphatic rings. The number of thiophene rings is 1.